The first-order chi connectivity index (χ1) is 9.18. The smallest absolute Gasteiger partial charge is 0.240 e. The second kappa shape index (κ2) is 4.77. The predicted octanol–water partition coefficient (Wildman–Crippen LogP) is 0.708. The van der Waals surface area contributed by atoms with Crippen molar-refractivity contribution in [3.63, 3.8) is 0 Å². The minimum absolute atomic E-state index is 0.0488. The topological polar surface area (TPSA) is 74.2 Å². The third-order valence-electron chi connectivity index (χ3n) is 4.74. The summed E-state index contributed by atoms with van der Waals surface area (Å²) in [5, 5.41) is 15.2. The van der Waals surface area contributed by atoms with Crippen molar-refractivity contribution in [1.29, 1.82) is 5.26 Å². The van der Waals surface area contributed by atoms with Crippen molar-refractivity contribution in [3.05, 3.63) is 0 Å². The zero-order chi connectivity index (χ0) is 13.3. The van der Waals surface area contributed by atoms with Gasteiger partial charge in [0.15, 0.2) is 0 Å². The van der Waals surface area contributed by atoms with Gasteiger partial charge in [-0.1, -0.05) is 0 Å². The van der Waals surface area contributed by atoms with Crippen molar-refractivity contribution in [1.82, 2.24) is 10.6 Å². The molecule has 3 aliphatic rings. The molecule has 2 N–H and O–H groups in total. The van der Waals surface area contributed by atoms with Crippen molar-refractivity contribution in [2.75, 3.05) is 19.6 Å². The molecule has 104 valence electrons. The molecule has 2 heterocycles. The Morgan fingerprint density at radius 3 is 2.68 bits per heavy atom. The number of piperidine rings is 1. The number of hydrogen-bond donors (Lipinski definition) is 2. The molecule has 0 radical (unpaired) electrons. The third-order valence-corrected chi connectivity index (χ3v) is 4.74. The zero-order valence-corrected chi connectivity index (χ0v) is 11.2. The number of nitrogens with zero attached hydrogens (tertiary/aromatic N) is 1. The van der Waals surface area contributed by atoms with Crippen molar-refractivity contribution in [3.8, 4) is 6.07 Å². The van der Waals surface area contributed by atoms with E-state index in [0.717, 1.165) is 38.8 Å². The van der Waals surface area contributed by atoms with E-state index in [2.05, 4.69) is 16.7 Å². The number of nitrogens with one attached hydrogen (secondary N) is 2. The van der Waals surface area contributed by atoms with Gasteiger partial charge in [-0.15, -0.1) is 0 Å². The Morgan fingerprint density at radius 2 is 2.05 bits per heavy atom. The maximum atomic E-state index is 11.9. The minimum Gasteiger partial charge on any atom is -0.370 e. The van der Waals surface area contributed by atoms with E-state index in [1.54, 1.807) is 0 Å². The van der Waals surface area contributed by atoms with E-state index in [4.69, 9.17) is 10.00 Å². The highest BCUT2D eigenvalue weighted by Crippen LogP contribution is 2.45. The van der Waals surface area contributed by atoms with Gasteiger partial charge in [-0.05, 0) is 51.6 Å². The molecule has 1 atom stereocenters. The molecule has 2 aliphatic heterocycles. The Balaban J connectivity index is 1.47. The normalized spacial score (nSPS) is 30.8. The van der Waals surface area contributed by atoms with Crippen LogP contribution in [0.4, 0.5) is 0 Å². The molecule has 2 saturated heterocycles. The van der Waals surface area contributed by atoms with Gasteiger partial charge in [-0.2, -0.15) is 5.26 Å². The average Bonchev–Trinajstić information content (AvgIpc) is 3.16. The molecular weight excluding hydrogens is 242 g/mol. The number of hydrogen-bond acceptors (Lipinski definition) is 4. The lowest BCUT2D eigenvalue weighted by Gasteiger charge is -2.33. The molecule has 0 aromatic heterocycles. The number of nitriles is 1. The van der Waals surface area contributed by atoms with Gasteiger partial charge in [0.2, 0.25) is 5.91 Å². The van der Waals surface area contributed by atoms with Gasteiger partial charge in [0.05, 0.1) is 17.8 Å². The molecule has 0 bridgehead atoms. The van der Waals surface area contributed by atoms with E-state index in [1.165, 1.54) is 0 Å². The molecular formula is C14H21N3O2. The summed E-state index contributed by atoms with van der Waals surface area (Å²) in [4.78, 5) is 11.9. The second-order valence-electron chi connectivity index (χ2n) is 6.12. The Bertz CT molecular complexity index is 405. The lowest BCUT2D eigenvalue weighted by molar-refractivity contribution is -0.125. The fourth-order valence-electron chi connectivity index (χ4n) is 3.18. The van der Waals surface area contributed by atoms with Gasteiger partial charge < -0.3 is 15.4 Å². The fraction of sp³-hybridized carbons (Fsp3) is 0.857. The first-order valence-corrected chi connectivity index (χ1v) is 7.26. The highest BCUT2D eigenvalue weighted by atomic mass is 16.5. The van der Waals surface area contributed by atoms with Crippen LogP contribution < -0.4 is 10.6 Å². The van der Waals surface area contributed by atoms with Gasteiger partial charge in [0.1, 0.15) is 5.41 Å². The summed E-state index contributed by atoms with van der Waals surface area (Å²) in [6.45, 7) is 2.60. The van der Waals surface area contributed by atoms with Gasteiger partial charge in [-0.25, -0.2) is 0 Å². The number of rotatable bonds is 3. The van der Waals surface area contributed by atoms with E-state index < -0.39 is 5.41 Å². The molecule has 3 fully saturated rings. The van der Waals surface area contributed by atoms with Crippen LogP contribution in [0.25, 0.3) is 0 Å². The molecule has 19 heavy (non-hydrogen) atoms. The molecule has 5 nitrogen and oxygen atoms in total. The SMILES string of the molecule is N#CC1(C(=O)NC[C@@H]2CCC3(CCNCC3)O2)CC1. The van der Waals surface area contributed by atoms with Gasteiger partial charge in [0.25, 0.3) is 0 Å². The molecule has 0 aromatic carbocycles. The monoisotopic (exact) mass is 263 g/mol. The van der Waals surface area contributed by atoms with Crippen LogP contribution >= 0.6 is 0 Å². The summed E-state index contributed by atoms with van der Waals surface area (Å²) in [7, 11) is 0. The molecule has 1 aliphatic carbocycles. The van der Waals surface area contributed by atoms with Crippen molar-refractivity contribution in [2.24, 2.45) is 5.41 Å². The van der Waals surface area contributed by atoms with Crippen LogP contribution in [-0.2, 0) is 9.53 Å². The number of carbonyl (C=O) groups excluding carboxylic acids is 1. The number of amides is 1. The summed E-state index contributed by atoms with van der Waals surface area (Å²) in [6.07, 6.45) is 5.78. The maximum absolute atomic E-state index is 11.9. The molecule has 3 rings (SSSR count). The molecule has 1 amide bonds. The van der Waals surface area contributed by atoms with Crippen LogP contribution in [0.3, 0.4) is 0 Å². The van der Waals surface area contributed by atoms with Crippen LogP contribution in [0, 0.1) is 16.7 Å². The minimum atomic E-state index is -0.717. The first-order valence-electron chi connectivity index (χ1n) is 7.26. The Kier molecular flexibility index (Phi) is 3.23. The van der Waals surface area contributed by atoms with Crippen LogP contribution in [0.15, 0.2) is 0 Å². The van der Waals surface area contributed by atoms with E-state index in [9.17, 15) is 4.79 Å². The summed E-state index contributed by atoms with van der Waals surface area (Å²) in [5.74, 6) is -0.107. The largest absolute Gasteiger partial charge is 0.370 e. The lowest BCUT2D eigenvalue weighted by Crippen LogP contribution is -2.43. The Hall–Kier alpha value is -1.12. The van der Waals surface area contributed by atoms with E-state index in [1.807, 2.05) is 0 Å². The van der Waals surface area contributed by atoms with E-state index in [-0.39, 0.29) is 17.6 Å². The van der Waals surface area contributed by atoms with E-state index in [0.29, 0.717) is 19.4 Å². The van der Waals surface area contributed by atoms with Crippen LogP contribution in [0.5, 0.6) is 0 Å². The summed E-state index contributed by atoms with van der Waals surface area (Å²) in [6, 6.07) is 2.12. The highest BCUT2D eigenvalue weighted by molar-refractivity contribution is 5.88. The van der Waals surface area contributed by atoms with Crippen molar-refractivity contribution in [2.45, 2.75) is 50.2 Å². The fourth-order valence-corrected chi connectivity index (χ4v) is 3.18. The summed E-state index contributed by atoms with van der Waals surface area (Å²) >= 11 is 0. The molecule has 1 saturated carbocycles. The maximum Gasteiger partial charge on any atom is 0.240 e. The summed E-state index contributed by atoms with van der Waals surface area (Å²) in [5.41, 5.74) is -0.668. The second-order valence-corrected chi connectivity index (χ2v) is 6.12. The van der Waals surface area contributed by atoms with Gasteiger partial charge in [0, 0.05) is 6.54 Å². The highest BCUT2D eigenvalue weighted by Gasteiger charge is 2.51. The number of ether oxygens (including phenoxy) is 1. The molecule has 5 heteroatoms. The van der Waals surface area contributed by atoms with Gasteiger partial charge >= 0.3 is 0 Å². The third kappa shape index (κ3) is 2.47. The predicted molar refractivity (Wildman–Crippen MR) is 69.2 cm³/mol. The van der Waals surface area contributed by atoms with Crippen molar-refractivity contribution < 1.29 is 9.53 Å². The number of carbonyl (C=O) groups is 1. The molecule has 0 aromatic rings. The van der Waals surface area contributed by atoms with Crippen LogP contribution in [0.2, 0.25) is 0 Å². The van der Waals surface area contributed by atoms with E-state index >= 15 is 0 Å². The molecule has 0 unspecified atom stereocenters. The van der Waals surface area contributed by atoms with Crippen LogP contribution in [-0.4, -0.2) is 37.2 Å². The zero-order valence-electron chi connectivity index (χ0n) is 11.2. The average molecular weight is 263 g/mol. The van der Waals surface area contributed by atoms with Crippen LogP contribution in [0.1, 0.15) is 38.5 Å². The summed E-state index contributed by atoms with van der Waals surface area (Å²) < 4.78 is 6.17. The quantitative estimate of drug-likeness (QED) is 0.786. The molecule has 1 spiro atoms. The first kappa shape index (κ1) is 12.9. The Labute approximate surface area is 113 Å². The standard InChI is InChI=1S/C14H21N3O2/c15-10-13(3-4-13)12(18)17-9-11-1-2-14(19-11)5-7-16-8-6-14/h11,16H,1-9H2,(H,17,18)/t11-/m0/s1. The van der Waals surface area contributed by atoms with Gasteiger partial charge in [-0.3, -0.25) is 4.79 Å². The Morgan fingerprint density at radius 1 is 1.32 bits per heavy atom. The van der Waals surface area contributed by atoms with Crippen molar-refractivity contribution >= 4 is 5.91 Å². The lowest BCUT2D eigenvalue weighted by atomic mass is 9.89.